The van der Waals surface area contributed by atoms with Crippen LogP contribution in [0.3, 0.4) is 0 Å². The van der Waals surface area contributed by atoms with Gasteiger partial charge in [-0.15, -0.1) is 0 Å². The molecule has 0 saturated heterocycles. The zero-order valence-corrected chi connectivity index (χ0v) is 59.5. The maximum Gasteiger partial charge on any atom is 0.472 e. The van der Waals surface area contributed by atoms with Gasteiger partial charge >= 0.3 is 19.8 Å². The molecule has 0 saturated carbocycles. The number of hydrogen-bond acceptors (Lipinski definition) is 7. The molecule has 9 nitrogen and oxygen atoms in total. The Hall–Kier alpha value is -4.11. The Labute approximate surface area is 554 Å². The second kappa shape index (κ2) is 69.2. The van der Waals surface area contributed by atoms with E-state index in [0.717, 1.165) is 116 Å². The first-order valence-electron chi connectivity index (χ1n) is 36.6. The number of carbonyl (C=O) groups excluding carboxylic acids is 2. The fraction of sp³-hybridized carbons (Fsp3) is 0.675. The Bertz CT molecular complexity index is 2030. The van der Waals surface area contributed by atoms with Crippen LogP contribution in [0.5, 0.6) is 0 Å². The summed E-state index contributed by atoms with van der Waals surface area (Å²) in [5, 5.41) is 0. The average Bonchev–Trinajstić information content (AvgIpc) is 3.58. The first kappa shape index (κ1) is 85.9. The first-order chi connectivity index (χ1) is 44.0. The number of nitrogens with zero attached hydrogens (tertiary/aromatic N) is 1. The lowest BCUT2D eigenvalue weighted by atomic mass is 10.0. The van der Waals surface area contributed by atoms with Crippen molar-refractivity contribution < 1.29 is 42.1 Å². The van der Waals surface area contributed by atoms with Gasteiger partial charge in [-0.3, -0.25) is 18.6 Å². The van der Waals surface area contributed by atoms with Crippen LogP contribution in [-0.2, 0) is 32.7 Å². The largest absolute Gasteiger partial charge is 0.472 e. The highest BCUT2D eigenvalue weighted by molar-refractivity contribution is 7.47. The Balaban J connectivity index is 4.10. The van der Waals surface area contributed by atoms with Crippen LogP contribution in [0.2, 0.25) is 0 Å². The smallest absolute Gasteiger partial charge is 0.462 e. The maximum absolute atomic E-state index is 12.9. The monoisotopic (exact) mass is 1270 g/mol. The fourth-order valence-electron chi connectivity index (χ4n) is 9.78. The van der Waals surface area contributed by atoms with Crippen molar-refractivity contribution in [1.29, 1.82) is 0 Å². The standard InChI is InChI=1S/C80H136NO8P/c1-6-8-10-12-14-16-18-20-22-24-26-28-30-32-34-35-36-37-38-39-40-41-42-43-44-45-47-49-51-53-55-57-59-61-63-65-67-69-71-73-80(83)89-78(77-88-90(84,85)87-75-74-81(3,4)5)76-86-79(82)72-70-68-66-64-62-60-58-56-54-52-50-48-46-33-31-29-27-25-23-21-19-17-15-13-11-9-7-2/h8,10,14,16,19-22,25-28,32,34,36-37,39-40,42-43,45,47,51,53,78H,6-7,9,11-13,15,17-18,23-24,29-31,33,35,38,41,44,46,48-50,52,54-77H2,1-5H3/p+1/b10-8-,16-14-,21-19-,22-20-,27-25-,28-26-,34-32-,37-36-,40-39-,43-42-,47-45-,53-51-. The summed E-state index contributed by atoms with van der Waals surface area (Å²) < 4.78 is 34.7. The van der Waals surface area contributed by atoms with Crippen molar-refractivity contribution in [2.45, 2.75) is 302 Å². The summed E-state index contributed by atoms with van der Waals surface area (Å²) in [7, 11) is 1.46. The summed E-state index contributed by atoms with van der Waals surface area (Å²) >= 11 is 0. The predicted octanol–water partition coefficient (Wildman–Crippen LogP) is 24.2. The van der Waals surface area contributed by atoms with E-state index >= 15 is 0 Å². The van der Waals surface area contributed by atoms with Crippen LogP contribution in [0.4, 0.5) is 0 Å². The van der Waals surface area contributed by atoms with Crippen molar-refractivity contribution in [2.24, 2.45) is 0 Å². The highest BCUT2D eigenvalue weighted by atomic mass is 31.2. The number of hydrogen-bond donors (Lipinski definition) is 1. The molecule has 0 aliphatic rings. The summed E-state index contributed by atoms with van der Waals surface area (Å²) in [6, 6.07) is 0. The maximum atomic E-state index is 12.9. The number of rotatable bonds is 66. The van der Waals surface area contributed by atoms with Gasteiger partial charge in [0.2, 0.25) is 0 Å². The Morgan fingerprint density at radius 3 is 0.944 bits per heavy atom. The minimum Gasteiger partial charge on any atom is -0.462 e. The third-order valence-corrected chi connectivity index (χ3v) is 16.3. The predicted molar refractivity (Wildman–Crippen MR) is 390 cm³/mol. The van der Waals surface area contributed by atoms with Crippen LogP contribution in [0, 0.1) is 0 Å². The number of allylic oxidation sites excluding steroid dienone is 24. The number of ether oxygens (including phenoxy) is 2. The molecule has 2 atom stereocenters. The average molecular weight is 1270 g/mol. The third kappa shape index (κ3) is 72.9. The number of phosphoric acid groups is 1. The van der Waals surface area contributed by atoms with Gasteiger partial charge in [0.15, 0.2) is 6.10 Å². The van der Waals surface area contributed by atoms with Crippen LogP contribution in [0.1, 0.15) is 296 Å². The molecule has 10 heteroatoms. The summed E-state index contributed by atoms with van der Waals surface area (Å²) in [4.78, 5) is 35.9. The van der Waals surface area contributed by atoms with Crippen molar-refractivity contribution >= 4 is 19.8 Å². The molecule has 0 spiro atoms. The topological polar surface area (TPSA) is 108 Å². The molecule has 0 bridgehead atoms. The molecule has 2 unspecified atom stereocenters. The van der Waals surface area contributed by atoms with Gasteiger partial charge < -0.3 is 18.9 Å². The SMILES string of the molecule is CC/C=C\C/C=C\C/C=C\C/C=C\C/C=C\C/C=C\C/C=C\C/C=C\C/C=C\C/C=C\CCCCCCCCCCC(=O)OC(COC(=O)CCCCCCCCCCCCCCCCC/C=C\C/C=C\CCCCCCC)COP(=O)(O)OCC[N+](C)(C)C. The quantitative estimate of drug-likeness (QED) is 0.0211. The second-order valence-corrected chi connectivity index (χ2v) is 26.7. The Morgan fingerprint density at radius 2 is 0.633 bits per heavy atom. The van der Waals surface area contributed by atoms with E-state index in [1.807, 2.05) is 21.1 Å². The van der Waals surface area contributed by atoms with Crippen LogP contribution in [0.15, 0.2) is 146 Å². The van der Waals surface area contributed by atoms with Crippen molar-refractivity contribution in [2.75, 3.05) is 47.5 Å². The van der Waals surface area contributed by atoms with E-state index in [-0.39, 0.29) is 32.0 Å². The lowest BCUT2D eigenvalue weighted by Gasteiger charge is -2.24. The minimum absolute atomic E-state index is 0.0239. The van der Waals surface area contributed by atoms with Crippen molar-refractivity contribution in [3.05, 3.63) is 146 Å². The van der Waals surface area contributed by atoms with E-state index < -0.39 is 26.5 Å². The van der Waals surface area contributed by atoms with Gasteiger partial charge in [-0.05, 0) is 122 Å². The molecular weight excluding hydrogens is 1130 g/mol. The highest BCUT2D eigenvalue weighted by Gasteiger charge is 2.27. The first-order valence-corrected chi connectivity index (χ1v) is 38.1. The molecule has 0 heterocycles. The van der Waals surface area contributed by atoms with Crippen LogP contribution < -0.4 is 0 Å². The van der Waals surface area contributed by atoms with Crippen LogP contribution in [-0.4, -0.2) is 74.9 Å². The zero-order chi connectivity index (χ0) is 65.5. The van der Waals surface area contributed by atoms with Gasteiger partial charge in [-0.2, -0.15) is 0 Å². The molecule has 0 aromatic carbocycles. The number of likely N-dealkylation sites (N-methyl/N-ethyl adjacent to an activating group) is 1. The van der Waals surface area contributed by atoms with E-state index in [1.165, 1.54) is 148 Å². The molecule has 90 heavy (non-hydrogen) atoms. The summed E-state index contributed by atoms with van der Waals surface area (Å²) in [5.41, 5.74) is 0. The second-order valence-electron chi connectivity index (χ2n) is 25.2. The van der Waals surface area contributed by atoms with Gasteiger partial charge in [0.1, 0.15) is 19.8 Å². The van der Waals surface area contributed by atoms with E-state index in [0.29, 0.717) is 17.4 Å². The van der Waals surface area contributed by atoms with Crippen molar-refractivity contribution in [3.63, 3.8) is 0 Å². The van der Waals surface area contributed by atoms with Gasteiger partial charge in [-0.1, -0.05) is 307 Å². The molecule has 0 amide bonds. The number of quaternary nitrogens is 1. The highest BCUT2D eigenvalue weighted by Crippen LogP contribution is 2.43. The van der Waals surface area contributed by atoms with E-state index in [9.17, 15) is 19.0 Å². The lowest BCUT2D eigenvalue weighted by Crippen LogP contribution is -2.37. The number of unbranched alkanes of at least 4 members (excludes halogenated alkanes) is 28. The molecule has 1 N–H and O–H groups in total. The van der Waals surface area contributed by atoms with Crippen molar-refractivity contribution in [3.8, 4) is 0 Å². The molecular formula is C80H137NO8P+. The number of phosphoric ester groups is 1. The number of esters is 2. The molecule has 0 radical (unpaired) electrons. The summed E-state index contributed by atoms with van der Waals surface area (Å²) in [5.74, 6) is -0.807. The van der Waals surface area contributed by atoms with Crippen LogP contribution >= 0.6 is 7.82 Å². The Kier molecular flexibility index (Phi) is 66.1. The van der Waals surface area contributed by atoms with Gasteiger partial charge in [0.05, 0.1) is 27.7 Å². The van der Waals surface area contributed by atoms with E-state index in [2.05, 4.69) is 160 Å². The number of carbonyl (C=O) groups is 2. The summed E-state index contributed by atoms with van der Waals surface area (Å²) in [6.07, 6.45) is 102. The van der Waals surface area contributed by atoms with Gasteiger partial charge in [0, 0.05) is 12.8 Å². The van der Waals surface area contributed by atoms with E-state index in [1.54, 1.807) is 0 Å². The molecule has 0 aliphatic carbocycles. The van der Waals surface area contributed by atoms with Gasteiger partial charge in [0.25, 0.3) is 0 Å². The van der Waals surface area contributed by atoms with E-state index in [4.69, 9.17) is 18.5 Å². The molecule has 0 fully saturated rings. The fourth-order valence-corrected chi connectivity index (χ4v) is 10.5. The van der Waals surface area contributed by atoms with Crippen molar-refractivity contribution in [1.82, 2.24) is 0 Å². The molecule has 514 valence electrons. The molecule has 0 aromatic rings. The van der Waals surface area contributed by atoms with Crippen LogP contribution in [0.25, 0.3) is 0 Å². The van der Waals surface area contributed by atoms with Gasteiger partial charge in [-0.25, -0.2) is 4.57 Å². The Morgan fingerprint density at radius 1 is 0.356 bits per heavy atom. The molecule has 0 aliphatic heterocycles. The molecule has 0 rings (SSSR count). The minimum atomic E-state index is -4.40. The lowest BCUT2D eigenvalue weighted by molar-refractivity contribution is -0.870. The summed E-state index contributed by atoms with van der Waals surface area (Å²) in [6.45, 7) is 4.31. The molecule has 0 aromatic heterocycles. The zero-order valence-electron chi connectivity index (χ0n) is 58.6. The normalized spacial score (nSPS) is 14.0. The third-order valence-electron chi connectivity index (χ3n) is 15.4.